The van der Waals surface area contributed by atoms with Gasteiger partial charge in [0.15, 0.2) is 0 Å². The molecule has 2 aliphatic rings. The normalized spacial score (nSPS) is 33.0. The maximum absolute atomic E-state index is 12.4. The van der Waals surface area contributed by atoms with Crippen molar-refractivity contribution in [3.63, 3.8) is 0 Å². The van der Waals surface area contributed by atoms with Gasteiger partial charge in [0.25, 0.3) is 0 Å². The van der Waals surface area contributed by atoms with E-state index in [4.69, 9.17) is 13.9 Å². The van der Waals surface area contributed by atoms with Crippen molar-refractivity contribution in [2.24, 2.45) is 5.92 Å². The predicted molar refractivity (Wildman–Crippen MR) is 99.1 cm³/mol. The molecule has 5 atom stereocenters. The summed E-state index contributed by atoms with van der Waals surface area (Å²) in [5, 5.41) is 21.4. The van der Waals surface area contributed by atoms with E-state index in [9.17, 15) is 19.8 Å². The number of fused-ring (bicyclic) bond motifs is 3. The summed E-state index contributed by atoms with van der Waals surface area (Å²) in [6.07, 6.45) is -0.491. The molecule has 0 fully saturated rings. The van der Waals surface area contributed by atoms with E-state index in [0.717, 1.165) is 5.57 Å². The standard InChI is InChI=1S/C21H26O7/c1-11(2)13-7-14-5-6-17(27-14)19(23)21(4,25)10-15-9-16(20(24)28-15)18(8-13)26-12(3)22/h5-6,9,13,15,18-19,23,25H,1,7-8,10H2,2-4H3/t13-,15+,18+,19-,21+/m1/s1. The molecule has 0 aliphatic carbocycles. The Bertz CT molecular complexity index is 816. The molecule has 1 aromatic rings. The number of esters is 2. The Hall–Kier alpha value is -2.38. The zero-order valence-corrected chi connectivity index (χ0v) is 16.3. The molecule has 0 saturated heterocycles. The van der Waals surface area contributed by atoms with Gasteiger partial charge in [-0.05, 0) is 44.4 Å². The predicted octanol–water partition coefficient (Wildman–Crippen LogP) is 2.38. The summed E-state index contributed by atoms with van der Waals surface area (Å²) in [6, 6.07) is 3.37. The second kappa shape index (κ2) is 7.56. The second-order valence-electron chi connectivity index (χ2n) is 7.91. The molecular formula is C21H26O7. The zero-order chi connectivity index (χ0) is 20.6. The van der Waals surface area contributed by atoms with Crippen molar-refractivity contribution in [2.75, 3.05) is 0 Å². The number of carbonyl (C=O) groups excluding carboxylic acids is 2. The lowest BCUT2D eigenvalue weighted by Gasteiger charge is -2.29. The number of hydrogen-bond acceptors (Lipinski definition) is 7. The van der Waals surface area contributed by atoms with Crippen LogP contribution in [0.25, 0.3) is 0 Å². The molecule has 0 amide bonds. The Morgan fingerprint density at radius 1 is 1.36 bits per heavy atom. The summed E-state index contributed by atoms with van der Waals surface area (Å²) >= 11 is 0. The van der Waals surface area contributed by atoms with Crippen LogP contribution in [-0.2, 0) is 25.5 Å². The molecule has 152 valence electrons. The van der Waals surface area contributed by atoms with E-state index in [1.807, 2.05) is 6.92 Å². The minimum absolute atomic E-state index is 0.0316. The number of rotatable bonds is 2. The van der Waals surface area contributed by atoms with Gasteiger partial charge in [0, 0.05) is 19.8 Å². The molecule has 0 saturated carbocycles. The van der Waals surface area contributed by atoms with Crippen LogP contribution in [0.1, 0.15) is 51.2 Å². The van der Waals surface area contributed by atoms with Crippen LogP contribution in [0.4, 0.5) is 0 Å². The number of hydrogen-bond donors (Lipinski definition) is 2. The second-order valence-corrected chi connectivity index (χ2v) is 7.91. The van der Waals surface area contributed by atoms with Crippen LogP contribution in [0.3, 0.4) is 0 Å². The van der Waals surface area contributed by atoms with Crippen LogP contribution in [0, 0.1) is 5.92 Å². The first-order valence-electron chi connectivity index (χ1n) is 9.31. The van der Waals surface area contributed by atoms with E-state index in [1.54, 1.807) is 18.2 Å². The Morgan fingerprint density at radius 3 is 2.71 bits per heavy atom. The van der Waals surface area contributed by atoms with E-state index in [1.165, 1.54) is 13.8 Å². The molecule has 0 aromatic carbocycles. The molecule has 0 radical (unpaired) electrons. The maximum Gasteiger partial charge on any atom is 0.338 e. The zero-order valence-electron chi connectivity index (χ0n) is 16.3. The molecule has 3 rings (SSSR count). The molecule has 3 heterocycles. The number of ether oxygens (including phenoxy) is 2. The number of aliphatic hydroxyl groups excluding tert-OH is 1. The van der Waals surface area contributed by atoms with Gasteiger partial charge in [-0.25, -0.2) is 4.79 Å². The first-order chi connectivity index (χ1) is 13.1. The Balaban J connectivity index is 2.04. The summed E-state index contributed by atoms with van der Waals surface area (Å²) in [7, 11) is 0. The summed E-state index contributed by atoms with van der Waals surface area (Å²) in [5.41, 5.74) is -0.499. The van der Waals surface area contributed by atoms with Crippen LogP contribution < -0.4 is 0 Å². The van der Waals surface area contributed by atoms with Crippen LogP contribution in [0.2, 0.25) is 0 Å². The van der Waals surface area contributed by atoms with E-state index in [0.29, 0.717) is 18.6 Å². The molecule has 7 nitrogen and oxygen atoms in total. The van der Waals surface area contributed by atoms with Crippen molar-refractivity contribution in [1.29, 1.82) is 0 Å². The Kier molecular flexibility index (Phi) is 5.50. The fourth-order valence-electron chi connectivity index (χ4n) is 3.72. The topological polar surface area (TPSA) is 106 Å². The van der Waals surface area contributed by atoms with Gasteiger partial charge >= 0.3 is 11.9 Å². The molecule has 0 unspecified atom stereocenters. The van der Waals surface area contributed by atoms with Crippen molar-refractivity contribution in [1.82, 2.24) is 0 Å². The summed E-state index contributed by atoms with van der Waals surface area (Å²) in [5.74, 6) is -0.369. The average molecular weight is 390 g/mol. The first kappa shape index (κ1) is 20.4. The SMILES string of the molecule is C=C(C)[C@@H]1Cc2ccc(o2)[C@@H](O)[C@@](C)(O)C[C@@H]2C=C(C(=O)O2)[C@@H](OC(C)=O)C1. The van der Waals surface area contributed by atoms with Gasteiger partial charge in [0.05, 0.1) is 11.2 Å². The molecule has 1 aromatic heterocycles. The number of furan rings is 1. The molecule has 0 spiro atoms. The summed E-state index contributed by atoms with van der Waals surface area (Å²) in [6.45, 7) is 8.62. The average Bonchev–Trinajstić information content (AvgIpc) is 3.17. The van der Waals surface area contributed by atoms with Crippen LogP contribution in [0.5, 0.6) is 0 Å². The van der Waals surface area contributed by atoms with E-state index < -0.39 is 35.9 Å². The van der Waals surface area contributed by atoms with E-state index in [2.05, 4.69) is 6.58 Å². The third-order valence-corrected chi connectivity index (χ3v) is 5.31. The van der Waals surface area contributed by atoms with Crippen molar-refractivity contribution in [3.05, 3.63) is 47.5 Å². The van der Waals surface area contributed by atoms with Crippen molar-refractivity contribution in [2.45, 2.75) is 63.9 Å². The van der Waals surface area contributed by atoms with Gasteiger partial charge in [0.1, 0.15) is 29.8 Å². The van der Waals surface area contributed by atoms with Crippen LogP contribution >= 0.6 is 0 Å². The van der Waals surface area contributed by atoms with Gasteiger partial charge < -0.3 is 24.1 Å². The van der Waals surface area contributed by atoms with Crippen LogP contribution in [-0.4, -0.2) is 40.0 Å². The Morgan fingerprint density at radius 2 is 2.07 bits per heavy atom. The summed E-state index contributed by atoms with van der Waals surface area (Å²) in [4.78, 5) is 24.1. The molecule has 7 heteroatoms. The maximum atomic E-state index is 12.4. The third-order valence-electron chi connectivity index (χ3n) is 5.31. The molecule has 2 aliphatic heterocycles. The van der Waals surface area contributed by atoms with E-state index in [-0.39, 0.29) is 23.7 Å². The van der Waals surface area contributed by atoms with Gasteiger partial charge in [-0.3, -0.25) is 4.79 Å². The molecule has 4 bridgehead atoms. The lowest BCUT2D eigenvalue weighted by molar-refractivity contribution is -0.149. The monoisotopic (exact) mass is 390 g/mol. The van der Waals surface area contributed by atoms with Gasteiger partial charge in [0.2, 0.25) is 0 Å². The van der Waals surface area contributed by atoms with Crippen molar-refractivity contribution < 1.29 is 33.7 Å². The van der Waals surface area contributed by atoms with Crippen molar-refractivity contribution in [3.8, 4) is 0 Å². The summed E-state index contributed by atoms with van der Waals surface area (Å²) < 4.78 is 16.5. The largest absolute Gasteiger partial charge is 0.463 e. The molecule has 2 N–H and O–H groups in total. The Labute approximate surface area is 163 Å². The highest BCUT2D eigenvalue weighted by Crippen LogP contribution is 2.37. The third kappa shape index (κ3) is 4.20. The fourth-order valence-corrected chi connectivity index (χ4v) is 3.72. The number of allylic oxidation sites excluding steroid dienone is 1. The fraction of sp³-hybridized carbons (Fsp3) is 0.524. The highest BCUT2D eigenvalue weighted by Gasteiger charge is 2.42. The minimum atomic E-state index is -1.59. The van der Waals surface area contributed by atoms with Gasteiger partial charge in [-0.1, -0.05) is 12.2 Å². The molecule has 28 heavy (non-hydrogen) atoms. The quantitative estimate of drug-likeness (QED) is 0.590. The smallest absolute Gasteiger partial charge is 0.338 e. The number of aliphatic hydroxyl groups is 2. The minimum Gasteiger partial charge on any atom is -0.463 e. The van der Waals surface area contributed by atoms with Gasteiger partial charge in [-0.2, -0.15) is 0 Å². The highest BCUT2D eigenvalue weighted by molar-refractivity contribution is 5.92. The first-order valence-corrected chi connectivity index (χ1v) is 9.31. The van der Waals surface area contributed by atoms with Gasteiger partial charge in [-0.15, -0.1) is 0 Å². The lowest BCUT2D eigenvalue weighted by atomic mass is 9.87. The van der Waals surface area contributed by atoms with Crippen molar-refractivity contribution >= 4 is 11.9 Å². The lowest BCUT2D eigenvalue weighted by Crippen LogP contribution is -2.36. The van der Waals surface area contributed by atoms with E-state index >= 15 is 0 Å². The van der Waals surface area contributed by atoms with Crippen LogP contribution in [0.15, 0.2) is 40.4 Å². The number of carbonyl (C=O) groups is 2. The molecular weight excluding hydrogens is 364 g/mol. The highest BCUT2D eigenvalue weighted by atomic mass is 16.6.